The largest absolute Gasteiger partial charge is 0.464 e. The van der Waals surface area contributed by atoms with Crippen LogP contribution in [0.15, 0.2) is 47.1 Å². The second-order valence-corrected chi connectivity index (χ2v) is 7.33. The molecule has 0 atom stereocenters. The lowest BCUT2D eigenvalue weighted by atomic mass is 10.0. The van der Waals surface area contributed by atoms with Gasteiger partial charge in [0.05, 0.1) is 12.7 Å². The van der Waals surface area contributed by atoms with E-state index in [-0.39, 0.29) is 17.9 Å². The molecule has 1 aliphatic carbocycles. The number of fused-ring (bicyclic) bond motifs is 2. The van der Waals surface area contributed by atoms with Crippen LogP contribution in [0.25, 0.3) is 11.0 Å². The summed E-state index contributed by atoms with van der Waals surface area (Å²) >= 11 is 0. The van der Waals surface area contributed by atoms with E-state index in [1.807, 2.05) is 6.07 Å². The van der Waals surface area contributed by atoms with Gasteiger partial charge in [-0.2, -0.15) is 13.2 Å². The summed E-state index contributed by atoms with van der Waals surface area (Å²) in [5.74, 6) is -1.09. The lowest BCUT2D eigenvalue weighted by Gasteiger charge is -2.09. The zero-order valence-corrected chi connectivity index (χ0v) is 15.9. The van der Waals surface area contributed by atoms with Gasteiger partial charge in [-0.25, -0.2) is 0 Å². The Morgan fingerprint density at radius 2 is 1.73 bits per heavy atom. The van der Waals surface area contributed by atoms with E-state index in [9.17, 15) is 22.8 Å². The molecule has 2 aromatic carbocycles. The molecule has 30 heavy (non-hydrogen) atoms. The van der Waals surface area contributed by atoms with Gasteiger partial charge in [-0.3, -0.25) is 9.59 Å². The number of aryl methyl sites for hydroxylation is 2. The van der Waals surface area contributed by atoms with Crippen molar-refractivity contribution in [2.75, 3.05) is 11.9 Å². The van der Waals surface area contributed by atoms with Crippen LogP contribution in [0, 0.1) is 0 Å². The quantitative estimate of drug-likeness (QED) is 0.648. The van der Waals surface area contributed by atoms with Crippen molar-refractivity contribution in [3.63, 3.8) is 0 Å². The predicted octanol–water partition coefficient (Wildman–Crippen LogP) is 4.39. The first-order valence-corrected chi connectivity index (χ1v) is 9.55. The summed E-state index contributed by atoms with van der Waals surface area (Å²) in [7, 11) is 0. The normalized spacial score (nSPS) is 13.3. The van der Waals surface area contributed by atoms with Gasteiger partial charge < -0.3 is 15.1 Å². The summed E-state index contributed by atoms with van der Waals surface area (Å²) in [4.78, 5) is 24.2. The van der Waals surface area contributed by atoms with Gasteiger partial charge in [0, 0.05) is 22.2 Å². The number of nitrogens with one attached hydrogen (secondary N) is 2. The Balaban J connectivity index is 1.39. The number of rotatable bonds is 5. The number of carbonyl (C=O) groups excluding carboxylic acids is 2. The number of benzene rings is 2. The minimum atomic E-state index is -4.47. The molecule has 0 fully saturated rings. The SMILES string of the molecule is O=C(Cc1coc2cc3c(cc12)CCC3)Nc1ccc(C(=O)NCC(F)(F)F)cc1. The van der Waals surface area contributed by atoms with Crippen LogP contribution in [0.3, 0.4) is 0 Å². The molecular weight excluding hydrogens is 397 g/mol. The first-order chi connectivity index (χ1) is 14.3. The maximum Gasteiger partial charge on any atom is 0.405 e. The van der Waals surface area contributed by atoms with Crippen LogP contribution in [0.5, 0.6) is 0 Å². The van der Waals surface area contributed by atoms with Crippen LogP contribution in [-0.4, -0.2) is 24.5 Å². The summed E-state index contributed by atoms with van der Waals surface area (Å²) in [6, 6.07) is 9.80. The van der Waals surface area contributed by atoms with Crippen LogP contribution in [0.4, 0.5) is 18.9 Å². The summed E-state index contributed by atoms with van der Waals surface area (Å²) < 4.78 is 42.2. The molecule has 0 saturated heterocycles. The minimum absolute atomic E-state index is 0.0759. The van der Waals surface area contributed by atoms with Crippen molar-refractivity contribution in [2.24, 2.45) is 0 Å². The maximum atomic E-state index is 12.4. The van der Waals surface area contributed by atoms with Crippen molar-refractivity contribution in [1.29, 1.82) is 0 Å². The Labute approximate surface area is 170 Å². The van der Waals surface area contributed by atoms with E-state index in [2.05, 4.69) is 11.4 Å². The molecule has 0 saturated carbocycles. The highest BCUT2D eigenvalue weighted by atomic mass is 19.4. The zero-order valence-electron chi connectivity index (χ0n) is 15.9. The van der Waals surface area contributed by atoms with Gasteiger partial charge in [0.1, 0.15) is 12.1 Å². The minimum Gasteiger partial charge on any atom is -0.464 e. The van der Waals surface area contributed by atoms with E-state index in [1.165, 1.54) is 35.4 Å². The highest BCUT2D eigenvalue weighted by Gasteiger charge is 2.27. The van der Waals surface area contributed by atoms with Gasteiger partial charge >= 0.3 is 6.18 Å². The van der Waals surface area contributed by atoms with Crippen molar-refractivity contribution in [3.05, 3.63) is 64.9 Å². The van der Waals surface area contributed by atoms with E-state index in [0.29, 0.717) is 5.69 Å². The summed E-state index contributed by atoms with van der Waals surface area (Å²) in [5.41, 5.74) is 4.68. The molecule has 0 aliphatic heterocycles. The number of hydrogen-bond acceptors (Lipinski definition) is 3. The van der Waals surface area contributed by atoms with E-state index in [1.54, 1.807) is 11.6 Å². The maximum absolute atomic E-state index is 12.4. The van der Waals surface area contributed by atoms with Crippen LogP contribution in [-0.2, 0) is 24.1 Å². The number of halogens is 3. The first-order valence-electron chi connectivity index (χ1n) is 9.55. The highest BCUT2D eigenvalue weighted by molar-refractivity contribution is 5.97. The first kappa shape index (κ1) is 20.0. The van der Waals surface area contributed by atoms with Crippen LogP contribution in [0.1, 0.15) is 33.5 Å². The molecule has 2 N–H and O–H groups in total. The fraction of sp³-hybridized carbons (Fsp3) is 0.273. The second-order valence-electron chi connectivity index (χ2n) is 7.33. The topological polar surface area (TPSA) is 71.3 Å². The number of carbonyl (C=O) groups is 2. The standard InChI is InChI=1S/C22H19F3N2O3/c23-22(24,25)12-26-21(29)13-4-6-17(7-5-13)27-20(28)10-16-11-30-19-9-15-3-1-2-14(15)8-18(16)19/h4-9,11H,1-3,10,12H2,(H,26,29)(H,27,28). The third-order valence-electron chi connectivity index (χ3n) is 5.10. The number of amides is 2. The van der Waals surface area contributed by atoms with E-state index in [0.717, 1.165) is 35.8 Å². The van der Waals surface area contributed by atoms with Gasteiger partial charge in [0.2, 0.25) is 5.91 Å². The van der Waals surface area contributed by atoms with E-state index < -0.39 is 18.6 Å². The fourth-order valence-corrected chi connectivity index (χ4v) is 3.65. The second kappa shape index (κ2) is 7.85. The summed E-state index contributed by atoms with van der Waals surface area (Å²) in [6.07, 6.45) is 0.451. The Hall–Kier alpha value is -3.29. The molecule has 8 heteroatoms. The van der Waals surface area contributed by atoms with Gasteiger partial charge in [-0.05, 0) is 66.8 Å². The molecule has 3 aromatic rings. The van der Waals surface area contributed by atoms with Gasteiger partial charge in [0.25, 0.3) is 5.91 Å². The summed E-state index contributed by atoms with van der Waals surface area (Å²) in [6.45, 7) is -1.40. The Morgan fingerprint density at radius 1 is 1.03 bits per heavy atom. The molecule has 0 unspecified atom stereocenters. The molecule has 1 aromatic heterocycles. The molecule has 4 rings (SSSR count). The smallest absolute Gasteiger partial charge is 0.405 e. The molecule has 156 valence electrons. The number of hydrogen-bond donors (Lipinski definition) is 2. The monoisotopic (exact) mass is 416 g/mol. The number of furan rings is 1. The fourth-order valence-electron chi connectivity index (χ4n) is 3.65. The Morgan fingerprint density at radius 3 is 2.43 bits per heavy atom. The van der Waals surface area contributed by atoms with Crippen LogP contribution < -0.4 is 10.6 Å². The van der Waals surface area contributed by atoms with Crippen LogP contribution in [0.2, 0.25) is 0 Å². The van der Waals surface area contributed by atoms with Crippen LogP contribution >= 0.6 is 0 Å². The lowest BCUT2D eigenvalue weighted by Crippen LogP contribution is -2.33. The highest BCUT2D eigenvalue weighted by Crippen LogP contribution is 2.30. The molecule has 0 spiro atoms. The molecular formula is C22H19F3N2O3. The average molecular weight is 416 g/mol. The molecule has 5 nitrogen and oxygen atoms in total. The van der Waals surface area contributed by atoms with E-state index >= 15 is 0 Å². The van der Waals surface area contributed by atoms with Gasteiger partial charge in [0.15, 0.2) is 0 Å². The Kier molecular flexibility index (Phi) is 5.24. The number of anilines is 1. The number of alkyl halides is 3. The molecule has 0 bridgehead atoms. The molecule has 0 radical (unpaired) electrons. The van der Waals surface area contributed by atoms with E-state index in [4.69, 9.17) is 4.42 Å². The lowest BCUT2D eigenvalue weighted by molar-refractivity contribution is -0.123. The third-order valence-corrected chi connectivity index (χ3v) is 5.10. The van der Waals surface area contributed by atoms with Crippen molar-refractivity contribution in [3.8, 4) is 0 Å². The Bertz CT molecular complexity index is 1100. The van der Waals surface area contributed by atoms with Crippen molar-refractivity contribution in [2.45, 2.75) is 31.9 Å². The zero-order chi connectivity index (χ0) is 21.3. The van der Waals surface area contributed by atoms with Gasteiger partial charge in [-0.15, -0.1) is 0 Å². The molecule has 1 aliphatic rings. The average Bonchev–Trinajstić information content (AvgIpc) is 3.31. The molecule has 1 heterocycles. The third kappa shape index (κ3) is 4.48. The van der Waals surface area contributed by atoms with Crippen molar-refractivity contribution < 1.29 is 27.2 Å². The van der Waals surface area contributed by atoms with Crippen molar-refractivity contribution in [1.82, 2.24) is 5.32 Å². The van der Waals surface area contributed by atoms with Crippen molar-refractivity contribution >= 4 is 28.5 Å². The predicted molar refractivity (Wildman–Crippen MR) is 105 cm³/mol. The molecule has 2 amide bonds. The summed E-state index contributed by atoms with van der Waals surface area (Å²) in [5, 5.41) is 5.46. The van der Waals surface area contributed by atoms with Gasteiger partial charge in [-0.1, -0.05) is 0 Å².